The van der Waals surface area contributed by atoms with Crippen LogP contribution in [0.2, 0.25) is 0 Å². The van der Waals surface area contributed by atoms with Gasteiger partial charge in [-0.05, 0) is 38.7 Å². The number of carbonyl (C=O) groups is 1. The molecule has 0 radical (unpaired) electrons. The zero-order valence-corrected chi connectivity index (χ0v) is 10.5. The van der Waals surface area contributed by atoms with Crippen molar-refractivity contribution in [2.24, 2.45) is 0 Å². The second kappa shape index (κ2) is 4.92. The Kier molecular flexibility index (Phi) is 3.50. The van der Waals surface area contributed by atoms with Gasteiger partial charge in [-0.15, -0.1) is 0 Å². The molecule has 96 valence electrons. The maximum atomic E-state index is 13.9. The largest absolute Gasteiger partial charge is 0.451 e. The van der Waals surface area contributed by atoms with Gasteiger partial charge in [-0.2, -0.15) is 0 Å². The van der Waals surface area contributed by atoms with Crippen molar-refractivity contribution in [3.63, 3.8) is 0 Å². The van der Waals surface area contributed by atoms with Crippen molar-refractivity contribution in [2.45, 2.75) is 38.2 Å². The molecule has 1 aromatic carbocycles. The lowest BCUT2D eigenvalue weighted by Crippen LogP contribution is -2.30. The summed E-state index contributed by atoms with van der Waals surface area (Å²) in [6.45, 7) is 5.18. The predicted octanol–water partition coefficient (Wildman–Crippen LogP) is 3.71. The predicted molar refractivity (Wildman–Crippen MR) is 67.5 cm³/mol. The first-order valence-electron chi connectivity index (χ1n) is 6.19. The number of ether oxygens (including phenoxy) is 1. The van der Waals surface area contributed by atoms with E-state index in [2.05, 4.69) is 6.58 Å². The first-order valence-corrected chi connectivity index (χ1v) is 6.19. The maximum Gasteiger partial charge on any atom is 0.334 e. The molecule has 0 aliphatic heterocycles. The highest BCUT2D eigenvalue weighted by atomic mass is 19.1. The number of hydrogen-bond donors (Lipinski definition) is 0. The van der Waals surface area contributed by atoms with E-state index in [1.54, 1.807) is 25.1 Å². The van der Waals surface area contributed by atoms with E-state index in [1.807, 2.05) is 0 Å². The van der Waals surface area contributed by atoms with Gasteiger partial charge in [0.25, 0.3) is 0 Å². The Morgan fingerprint density at radius 2 is 1.94 bits per heavy atom. The number of benzene rings is 1. The lowest BCUT2D eigenvalue weighted by atomic mass is 9.91. The fourth-order valence-corrected chi connectivity index (χ4v) is 2.47. The van der Waals surface area contributed by atoms with Crippen LogP contribution >= 0.6 is 0 Å². The minimum Gasteiger partial charge on any atom is -0.451 e. The van der Waals surface area contributed by atoms with E-state index >= 15 is 0 Å². The van der Waals surface area contributed by atoms with Crippen LogP contribution in [0.15, 0.2) is 36.4 Å². The normalized spacial score (nSPS) is 17.4. The molecule has 1 aliphatic rings. The maximum absolute atomic E-state index is 13.9. The Morgan fingerprint density at radius 1 is 1.33 bits per heavy atom. The van der Waals surface area contributed by atoms with Gasteiger partial charge in [0.2, 0.25) is 0 Å². The summed E-state index contributed by atoms with van der Waals surface area (Å²) in [4.78, 5) is 11.7. The van der Waals surface area contributed by atoms with E-state index in [9.17, 15) is 9.18 Å². The summed E-state index contributed by atoms with van der Waals surface area (Å²) in [5, 5.41) is 0. The molecule has 0 N–H and O–H groups in total. The van der Waals surface area contributed by atoms with Gasteiger partial charge in [0.15, 0.2) is 0 Å². The fraction of sp³-hybridized carbons (Fsp3) is 0.400. The number of hydrogen-bond acceptors (Lipinski definition) is 2. The standard InChI is InChI=1S/C15H17FO2/c1-11(2)14(17)18-15(9-5-6-10-15)12-7-3-4-8-13(12)16/h3-4,7-8H,1,5-6,9-10H2,2H3. The van der Waals surface area contributed by atoms with Gasteiger partial charge in [0.1, 0.15) is 11.4 Å². The van der Waals surface area contributed by atoms with Gasteiger partial charge in [0.05, 0.1) is 0 Å². The van der Waals surface area contributed by atoms with Crippen molar-refractivity contribution in [3.8, 4) is 0 Å². The molecule has 1 saturated carbocycles. The Labute approximate surface area is 106 Å². The quantitative estimate of drug-likeness (QED) is 0.602. The molecule has 0 aromatic heterocycles. The molecule has 1 aliphatic carbocycles. The van der Waals surface area contributed by atoms with Crippen LogP contribution < -0.4 is 0 Å². The lowest BCUT2D eigenvalue weighted by Gasteiger charge is -2.30. The zero-order chi connectivity index (χ0) is 13.2. The van der Waals surface area contributed by atoms with Crippen molar-refractivity contribution in [1.29, 1.82) is 0 Å². The number of halogens is 1. The molecule has 0 spiro atoms. The molecule has 1 aromatic rings. The number of carbonyl (C=O) groups excluding carboxylic acids is 1. The monoisotopic (exact) mass is 248 g/mol. The average Bonchev–Trinajstić information content (AvgIpc) is 2.79. The lowest BCUT2D eigenvalue weighted by molar-refractivity contribution is -0.155. The molecule has 0 unspecified atom stereocenters. The topological polar surface area (TPSA) is 26.3 Å². The highest BCUT2D eigenvalue weighted by Crippen LogP contribution is 2.43. The first-order chi connectivity index (χ1) is 8.55. The summed E-state index contributed by atoms with van der Waals surface area (Å²) in [6, 6.07) is 6.52. The second-order valence-corrected chi connectivity index (χ2v) is 4.85. The van der Waals surface area contributed by atoms with Crippen LogP contribution in [0, 0.1) is 5.82 Å². The Bertz CT molecular complexity index is 473. The summed E-state index contributed by atoms with van der Waals surface area (Å²) in [5.74, 6) is -0.755. The third kappa shape index (κ3) is 2.30. The molecule has 3 heteroatoms. The van der Waals surface area contributed by atoms with Crippen LogP contribution in [-0.2, 0) is 15.1 Å². The highest BCUT2D eigenvalue weighted by Gasteiger charge is 2.41. The smallest absolute Gasteiger partial charge is 0.334 e. The van der Waals surface area contributed by atoms with Crippen LogP contribution in [0.1, 0.15) is 38.2 Å². The highest BCUT2D eigenvalue weighted by molar-refractivity contribution is 5.87. The first kappa shape index (κ1) is 12.8. The molecule has 0 heterocycles. The Balaban J connectivity index is 2.36. The van der Waals surface area contributed by atoms with Crippen LogP contribution in [0.25, 0.3) is 0 Å². The minimum atomic E-state index is -0.804. The van der Waals surface area contributed by atoms with Gasteiger partial charge in [-0.1, -0.05) is 24.8 Å². The van der Waals surface area contributed by atoms with Crippen molar-refractivity contribution in [3.05, 3.63) is 47.8 Å². The van der Waals surface area contributed by atoms with E-state index < -0.39 is 11.6 Å². The molecule has 0 bridgehead atoms. The van der Waals surface area contributed by atoms with Crippen LogP contribution in [0.5, 0.6) is 0 Å². The molecule has 0 amide bonds. The van der Waals surface area contributed by atoms with E-state index in [0.29, 0.717) is 24.0 Å². The summed E-state index contributed by atoms with van der Waals surface area (Å²) < 4.78 is 19.5. The van der Waals surface area contributed by atoms with E-state index in [0.717, 1.165) is 12.8 Å². The molecule has 1 fully saturated rings. The van der Waals surface area contributed by atoms with Crippen LogP contribution in [0.3, 0.4) is 0 Å². The Morgan fingerprint density at radius 3 is 2.50 bits per heavy atom. The van der Waals surface area contributed by atoms with Gasteiger partial charge in [-0.3, -0.25) is 0 Å². The molecule has 2 rings (SSSR count). The second-order valence-electron chi connectivity index (χ2n) is 4.85. The summed E-state index contributed by atoms with van der Waals surface area (Å²) in [5.41, 5.74) is 0.0242. The van der Waals surface area contributed by atoms with Gasteiger partial charge in [0, 0.05) is 11.1 Å². The van der Waals surface area contributed by atoms with Crippen molar-refractivity contribution in [1.82, 2.24) is 0 Å². The summed E-state index contributed by atoms with van der Waals surface area (Å²) >= 11 is 0. The van der Waals surface area contributed by atoms with Crippen molar-refractivity contribution in [2.75, 3.05) is 0 Å². The van der Waals surface area contributed by atoms with Crippen molar-refractivity contribution < 1.29 is 13.9 Å². The Hall–Kier alpha value is -1.64. The average molecular weight is 248 g/mol. The molecule has 18 heavy (non-hydrogen) atoms. The molecule has 2 nitrogen and oxygen atoms in total. The molecular formula is C15H17FO2. The SMILES string of the molecule is C=C(C)C(=O)OC1(c2ccccc2F)CCCC1. The van der Waals surface area contributed by atoms with Crippen molar-refractivity contribution >= 4 is 5.97 Å². The summed E-state index contributed by atoms with van der Waals surface area (Å²) in [6.07, 6.45) is 3.23. The molecular weight excluding hydrogens is 231 g/mol. The van der Waals surface area contributed by atoms with E-state index in [-0.39, 0.29) is 5.82 Å². The zero-order valence-electron chi connectivity index (χ0n) is 10.5. The van der Waals surface area contributed by atoms with E-state index in [1.165, 1.54) is 6.07 Å². The minimum absolute atomic E-state index is 0.311. The molecule has 0 saturated heterocycles. The van der Waals surface area contributed by atoms with Gasteiger partial charge >= 0.3 is 5.97 Å². The number of rotatable bonds is 3. The number of esters is 1. The van der Waals surface area contributed by atoms with Gasteiger partial charge in [-0.25, -0.2) is 9.18 Å². The third-order valence-electron chi connectivity index (χ3n) is 3.41. The van der Waals surface area contributed by atoms with Crippen LogP contribution in [-0.4, -0.2) is 5.97 Å². The summed E-state index contributed by atoms with van der Waals surface area (Å²) in [7, 11) is 0. The molecule has 0 atom stereocenters. The van der Waals surface area contributed by atoms with E-state index in [4.69, 9.17) is 4.74 Å². The fourth-order valence-electron chi connectivity index (χ4n) is 2.47. The van der Waals surface area contributed by atoms with Crippen LogP contribution in [0.4, 0.5) is 4.39 Å². The van der Waals surface area contributed by atoms with Gasteiger partial charge < -0.3 is 4.74 Å². The third-order valence-corrected chi connectivity index (χ3v) is 3.41.